The molecule has 2 aromatic rings. The Bertz CT molecular complexity index is 730. The fraction of sp³-hybridized carbons (Fsp3) is 0.211. The van der Waals surface area contributed by atoms with Gasteiger partial charge in [0.25, 0.3) is 0 Å². The number of halogens is 1. The quantitative estimate of drug-likeness (QED) is 0.541. The minimum atomic E-state index is 0.534. The number of allylic oxidation sites excluding steroid dienone is 1. The lowest BCUT2D eigenvalue weighted by Crippen LogP contribution is -1.99. The van der Waals surface area contributed by atoms with E-state index in [1.165, 1.54) is 0 Å². The molecule has 2 rings (SSSR count). The maximum absolute atomic E-state index is 9.47. The third-order valence-corrected chi connectivity index (χ3v) is 3.41. The van der Waals surface area contributed by atoms with Gasteiger partial charge < -0.3 is 9.47 Å². The molecule has 0 N–H and O–H groups in total. The van der Waals surface area contributed by atoms with Gasteiger partial charge in [-0.3, -0.25) is 0 Å². The molecule has 0 bridgehead atoms. The summed E-state index contributed by atoms with van der Waals surface area (Å²) in [5, 5.41) is 10.1. The van der Waals surface area contributed by atoms with E-state index in [-0.39, 0.29) is 0 Å². The molecule has 3 nitrogen and oxygen atoms in total. The van der Waals surface area contributed by atoms with Crippen LogP contribution in [0.3, 0.4) is 0 Å². The monoisotopic (exact) mass is 327 g/mol. The van der Waals surface area contributed by atoms with E-state index in [4.69, 9.17) is 21.1 Å². The molecular formula is C19H18ClNO2. The zero-order valence-electron chi connectivity index (χ0n) is 13.2. The highest BCUT2D eigenvalue weighted by atomic mass is 35.5. The molecule has 0 aliphatic heterocycles. The van der Waals surface area contributed by atoms with E-state index in [9.17, 15) is 5.26 Å². The Kier molecular flexibility index (Phi) is 6.08. The molecule has 0 aromatic heterocycles. The van der Waals surface area contributed by atoms with Crippen molar-refractivity contribution in [1.82, 2.24) is 0 Å². The van der Waals surface area contributed by atoms with Crippen molar-refractivity contribution in [2.75, 3.05) is 13.2 Å². The van der Waals surface area contributed by atoms with Crippen LogP contribution in [0.4, 0.5) is 0 Å². The van der Waals surface area contributed by atoms with Gasteiger partial charge in [-0.05, 0) is 61.4 Å². The van der Waals surface area contributed by atoms with E-state index in [1.54, 1.807) is 12.1 Å². The van der Waals surface area contributed by atoms with Crippen LogP contribution in [0.25, 0.3) is 11.6 Å². The number of ether oxygens (including phenoxy) is 2. The molecule has 2 aromatic carbocycles. The SMILES string of the molecule is CCOc1ccc(/C(C#N)=C\c2ccc(Cl)cc2)cc1OCC. The Morgan fingerprint density at radius 2 is 1.70 bits per heavy atom. The first-order chi connectivity index (χ1) is 11.2. The average Bonchev–Trinajstić information content (AvgIpc) is 2.56. The molecule has 0 heterocycles. The highest BCUT2D eigenvalue weighted by Crippen LogP contribution is 2.31. The first-order valence-corrected chi connectivity index (χ1v) is 7.83. The second kappa shape index (κ2) is 8.26. The predicted octanol–water partition coefficient (Wildman–Crippen LogP) is 5.20. The van der Waals surface area contributed by atoms with Crippen LogP contribution in [-0.4, -0.2) is 13.2 Å². The highest BCUT2D eigenvalue weighted by Gasteiger charge is 2.09. The van der Waals surface area contributed by atoms with E-state index in [1.807, 2.05) is 50.3 Å². The number of benzene rings is 2. The molecule has 0 spiro atoms. The molecule has 0 radical (unpaired) electrons. The number of rotatable bonds is 6. The summed E-state index contributed by atoms with van der Waals surface area (Å²) in [6.45, 7) is 4.93. The van der Waals surface area contributed by atoms with Crippen LogP contribution in [0, 0.1) is 11.3 Å². The van der Waals surface area contributed by atoms with Gasteiger partial charge in [-0.15, -0.1) is 0 Å². The molecule has 118 valence electrons. The van der Waals surface area contributed by atoms with Gasteiger partial charge in [0.1, 0.15) is 0 Å². The van der Waals surface area contributed by atoms with Gasteiger partial charge in [-0.2, -0.15) is 5.26 Å². The van der Waals surface area contributed by atoms with Gasteiger partial charge in [-0.1, -0.05) is 23.7 Å². The zero-order valence-corrected chi connectivity index (χ0v) is 13.9. The Balaban J connectivity index is 2.39. The number of nitrogens with zero attached hydrogens (tertiary/aromatic N) is 1. The summed E-state index contributed by atoms with van der Waals surface area (Å²) < 4.78 is 11.2. The van der Waals surface area contributed by atoms with Crippen molar-refractivity contribution in [3.05, 3.63) is 58.6 Å². The van der Waals surface area contributed by atoms with Crippen LogP contribution in [-0.2, 0) is 0 Å². The van der Waals surface area contributed by atoms with Crippen molar-refractivity contribution in [2.45, 2.75) is 13.8 Å². The molecular weight excluding hydrogens is 310 g/mol. The smallest absolute Gasteiger partial charge is 0.161 e. The lowest BCUT2D eigenvalue weighted by Gasteiger charge is -2.12. The van der Waals surface area contributed by atoms with Crippen molar-refractivity contribution in [3.8, 4) is 17.6 Å². The van der Waals surface area contributed by atoms with Crippen LogP contribution in [0.2, 0.25) is 5.02 Å². The normalized spacial score (nSPS) is 11.0. The first-order valence-electron chi connectivity index (χ1n) is 7.45. The summed E-state index contributed by atoms with van der Waals surface area (Å²) in [4.78, 5) is 0. The average molecular weight is 328 g/mol. The molecule has 0 atom stereocenters. The fourth-order valence-electron chi connectivity index (χ4n) is 2.12. The van der Waals surface area contributed by atoms with E-state index in [0.717, 1.165) is 11.1 Å². The topological polar surface area (TPSA) is 42.2 Å². The number of hydrogen-bond acceptors (Lipinski definition) is 3. The van der Waals surface area contributed by atoms with E-state index in [0.29, 0.717) is 35.3 Å². The summed E-state index contributed by atoms with van der Waals surface area (Å²) in [7, 11) is 0. The third-order valence-electron chi connectivity index (χ3n) is 3.16. The van der Waals surface area contributed by atoms with Gasteiger partial charge >= 0.3 is 0 Å². The lowest BCUT2D eigenvalue weighted by molar-refractivity contribution is 0.287. The van der Waals surface area contributed by atoms with E-state index in [2.05, 4.69) is 6.07 Å². The van der Waals surface area contributed by atoms with Crippen molar-refractivity contribution >= 4 is 23.3 Å². The highest BCUT2D eigenvalue weighted by molar-refractivity contribution is 6.30. The van der Waals surface area contributed by atoms with E-state index >= 15 is 0 Å². The summed E-state index contributed by atoms with van der Waals surface area (Å²) in [5.41, 5.74) is 2.25. The predicted molar refractivity (Wildman–Crippen MR) is 93.7 cm³/mol. The molecule has 0 aliphatic carbocycles. The summed E-state index contributed by atoms with van der Waals surface area (Å²) in [6, 6.07) is 15.1. The van der Waals surface area contributed by atoms with Gasteiger partial charge in [0.15, 0.2) is 11.5 Å². The maximum Gasteiger partial charge on any atom is 0.161 e. The molecule has 4 heteroatoms. The van der Waals surface area contributed by atoms with Crippen LogP contribution >= 0.6 is 11.6 Å². The minimum absolute atomic E-state index is 0.534. The molecule has 0 amide bonds. The molecule has 0 unspecified atom stereocenters. The Hall–Kier alpha value is -2.44. The second-order valence-electron chi connectivity index (χ2n) is 4.75. The Morgan fingerprint density at radius 1 is 1.04 bits per heavy atom. The van der Waals surface area contributed by atoms with Crippen molar-refractivity contribution < 1.29 is 9.47 Å². The molecule has 0 aliphatic rings. The van der Waals surface area contributed by atoms with Crippen molar-refractivity contribution in [1.29, 1.82) is 5.26 Å². The Labute approximate surface area is 141 Å². The molecule has 0 saturated heterocycles. The van der Waals surface area contributed by atoms with Crippen molar-refractivity contribution in [2.24, 2.45) is 0 Å². The molecule has 0 fully saturated rings. The summed E-state index contributed by atoms with van der Waals surface area (Å²) in [6.07, 6.45) is 1.82. The summed E-state index contributed by atoms with van der Waals surface area (Å²) in [5.74, 6) is 1.32. The zero-order chi connectivity index (χ0) is 16.7. The van der Waals surface area contributed by atoms with Crippen LogP contribution in [0.5, 0.6) is 11.5 Å². The standard InChI is InChI=1S/C19H18ClNO2/c1-3-22-18-10-7-15(12-19(18)23-4-2)16(13-21)11-14-5-8-17(20)9-6-14/h5-12H,3-4H2,1-2H3/b16-11-. The van der Waals surface area contributed by atoms with Gasteiger partial charge in [0.2, 0.25) is 0 Å². The summed E-state index contributed by atoms with van der Waals surface area (Å²) >= 11 is 5.89. The minimum Gasteiger partial charge on any atom is -0.490 e. The molecule has 0 saturated carbocycles. The Morgan fingerprint density at radius 3 is 2.30 bits per heavy atom. The first kappa shape index (κ1) is 16.9. The van der Waals surface area contributed by atoms with Crippen molar-refractivity contribution in [3.63, 3.8) is 0 Å². The van der Waals surface area contributed by atoms with Crippen LogP contribution in [0.15, 0.2) is 42.5 Å². The number of hydrogen-bond donors (Lipinski definition) is 0. The maximum atomic E-state index is 9.47. The van der Waals surface area contributed by atoms with Gasteiger partial charge in [0.05, 0.1) is 24.9 Å². The molecule has 23 heavy (non-hydrogen) atoms. The lowest BCUT2D eigenvalue weighted by atomic mass is 10.0. The second-order valence-corrected chi connectivity index (χ2v) is 5.19. The number of nitriles is 1. The van der Waals surface area contributed by atoms with Gasteiger partial charge in [-0.25, -0.2) is 0 Å². The largest absolute Gasteiger partial charge is 0.490 e. The fourth-order valence-corrected chi connectivity index (χ4v) is 2.25. The van der Waals surface area contributed by atoms with E-state index < -0.39 is 0 Å². The van der Waals surface area contributed by atoms with Gasteiger partial charge in [0, 0.05) is 5.02 Å². The van der Waals surface area contributed by atoms with Crippen LogP contribution < -0.4 is 9.47 Å². The third kappa shape index (κ3) is 4.51. The van der Waals surface area contributed by atoms with Crippen LogP contribution in [0.1, 0.15) is 25.0 Å².